The number of hydrogen-bond donors (Lipinski definition) is 2. The van der Waals surface area contributed by atoms with Crippen molar-refractivity contribution >= 4 is 40.1 Å². The lowest BCUT2D eigenvalue weighted by Crippen LogP contribution is -2.44. The summed E-state index contributed by atoms with van der Waals surface area (Å²) in [4.78, 5) is 23.9. The second-order valence-electron chi connectivity index (χ2n) is 6.51. The standard InChI is InChI=1S/C21H19N5O3S/c1-14-11-18-22-25-21(26(18)17-10-6-5-9-16(14)17)30-13-20(28)24-23-19(27)12-29-15-7-3-2-4-8-15/h2-11H,12-13H2,1H3,(H,23,27)(H,24,28). The van der Waals surface area contributed by atoms with E-state index in [-0.39, 0.29) is 18.3 Å². The molecule has 2 aromatic heterocycles. The van der Waals surface area contributed by atoms with Gasteiger partial charge in [-0.15, -0.1) is 10.2 Å². The number of aryl methyl sites for hydroxylation is 1. The molecule has 0 aliphatic heterocycles. The van der Waals surface area contributed by atoms with Crippen molar-refractivity contribution < 1.29 is 14.3 Å². The highest BCUT2D eigenvalue weighted by Gasteiger charge is 2.13. The van der Waals surface area contributed by atoms with E-state index in [2.05, 4.69) is 21.0 Å². The molecule has 0 spiro atoms. The van der Waals surface area contributed by atoms with Gasteiger partial charge in [0.15, 0.2) is 17.4 Å². The fourth-order valence-corrected chi connectivity index (χ4v) is 3.73. The number of amides is 2. The van der Waals surface area contributed by atoms with E-state index in [0.29, 0.717) is 10.9 Å². The number of rotatable bonds is 6. The minimum absolute atomic E-state index is 0.0722. The van der Waals surface area contributed by atoms with Gasteiger partial charge < -0.3 is 4.74 Å². The quantitative estimate of drug-likeness (QED) is 0.367. The SMILES string of the molecule is Cc1cc2nnc(SCC(=O)NNC(=O)COc3ccccc3)n2c2ccccc12. The third-order valence-corrected chi connectivity index (χ3v) is 5.29. The number of para-hydroxylation sites is 2. The molecule has 0 aliphatic carbocycles. The summed E-state index contributed by atoms with van der Waals surface area (Å²) >= 11 is 1.24. The molecular formula is C21H19N5O3S. The van der Waals surface area contributed by atoms with Crippen molar-refractivity contribution in [2.24, 2.45) is 0 Å². The van der Waals surface area contributed by atoms with Crippen LogP contribution in [-0.2, 0) is 9.59 Å². The van der Waals surface area contributed by atoms with Crippen molar-refractivity contribution in [2.75, 3.05) is 12.4 Å². The molecule has 0 saturated carbocycles. The van der Waals surface area contributed by atoms with Gasteiger partial charge in [-0.3, -0.25) is 24.8 Å². The molecule has 4 aromatic rings. The number of pyridine rings is 1. The van der Waals surface area contributed by atoms with E-state index >= 15 is 0 Å². The minimum atomic E-state index is -0.452. The lowest BCUT2D eigenvalue weighted by Gasteiger charge is -2.09. The molecule has 9 heteroatoms. The fraction of sp³-hybridized carbons (Fsp3) is 0.143. The van der Waals surface area contributed by atoms with Gasteiger partial charge in [0.2, 0.25) is 5.91 Å². The summed E-state index contributed by atoms with van der Waals surface area (Å²) < 4.78 is 7.25. The molecule has 4 rings (SSSR count). The molecule has 0 radical (unpaired) electrons. The van der Waals surface area contributed by atoms with Gasteiger partial charge in [0, 0.05) is 5.39 Å². The number of ether oxygens (including phenoxy) is 1. The normalized spacial score (nSPS) is 10.8. The van der Waals surface area contributed by atoms with Crippen molar-refractivity contribution in [3.8, 4) is 5.75 Å². The van der Waals surface area contributed by atoms with Crippen molar-refractivity contribution in [3.63, 3.8) is 0 Å². The van der Waals surface area contributed by atoms with Crippen LogP contribution in [0.3, 0.4) is 0 Å². The number of thioether (sulfide) groups is 1. The van der Waals surface area contributed by atoms with Crippen LogP contribution in [-0.4, -0.2) is 38.8 Å². The van der Waals surface area contributed by atoms with E-state index in [1.165, 1.54) is 11.8 Å². The Hall–Kier alpha value is -3.59. The summed E-state index contributed by atoms with van der Waals surface area (Å²) in [5, 5.41) is 10.1. The number of fused-ring (bicyclic) bond motifs is 3. The summed E-state index contributed by atoms with van der Waals surface area (Å²) in [6.45, 7) is 1.83. The van der Waals surface area contributed by atoms with Crippen LogP contribution < -0.4 is 15.6 Å². The highest BCUT2D eigenvalue weighted by Crippen LogP contribution is 2.25. The maximum absolute atomic E-state index is 12.1. The zero-order valence-corrected chi connectivity index (χ0v) is 17.0. The number of nitrogens with zero attached hydrogens (tertiary/aromatic N) is 3. The van der Waals surface area contributed by atoms with Crippen LogP contribution >= 0.6 is 11.8 Å². The third kappa shape index (κ3) is 4.36. The van der Waals surface area contributed by atoms with E-state index in [9.17, 15) is 9.59 Å². The Morgan fingerprint density at radius 3 is 2.57 bits per heavy atom. The van der Waals surface area contributed by atoms with Crippen molar-refractivity contribution in [1.29, 1.82) is 0 Å². The predicted molar refractivity (Wildman–Crippen MR) is 114 cm³/mol. The van der Waals surface area contributed by atoms with Gasteiger partial charge in [0.25, 0.3) is 5.91 Å². The predicted octanol–water partition coefficient (Wildman–Crippen LogP) is 2.51. The number of nitrogens with one attached hydrogen (secondary N) is 2. The van der Waals surface area contributed by atoms with E-state index in [0.717, 1.165) is 22.1 Å². The van der Waals surface area contributed by atoms with Crippen LogP contribution in [0.4, 0.5) is 0 Å². The molecule has 2 amide bonds. The molecule has 0 aliphatic rings. The van der Waals surface area contributed by atoms with E-state index < -0.39 is 5.91 Å². The van der Waals surface area contributed by atoms with Crippen LogP contribution in [0.1, 0.15) is 5.56 Å². The highest BCUT2D eigenvalue weighted by molar-refractivity contribution is 7.99. The topological polar surface area (TPSA) is 97.6 Å². The Bertz CT molecular complexity index is 1210. The van der Waals surface area contributed by atoms with Gasteiger partial charge in [-0.1, -0.05) is 48.2 Å². The molecule has 8 nitrogen and oxygen atoms in total. The third-order valence-electron chi connectivity index (χ3n) is 4.36. The van der Waals surface area contributed by atoms with E-state index in [1.54, 1.807) is 12.1 Å². The van der Waals surface area contributed by atoms with Crippen molar-refractivity contribution in [3.05, 3.63) is 66.2 Å². The van der Waals surface area contributed by atoms with Gasteiger partial charge >= 0.3 is 0 Å². The Labute approximate surface area is 176 Å². The number of carbonyl (C=O) groups excluding carboxylic acids is 2. The molecule has 0 saturated heterocycles. The molecule has 2 N–H and O–H groups in total. The Balaban J connectivity index is 1.33. The summed E-state index contributed by atoms with van der Waals surface area (Å²) in [5.41, 5.74) is 7.53. The molecule has 0 atom stereocenters. The second kappa shape index (κ2) is 8.83. The zero-order valence-electron chi connectivity index (χ0n) is 16.2. The molecule has 0 bridgehead atoms. The largest absolute Gasteiger partial charge is 0.484 e. The molecule has 2 aromatic carbocycles. The number of carbonyl (C=O) groups is 2. The average Bonchev–Trinajstić information content (AvgIpc) is 3.18. The molecule has 0 fully saturated rings. The Kier molecular flexibility index (Phi) is 5.80. The number of hydrazine groups is 1. The first kappa shape index (κ1) is 19.7. The number of aromatic nitrogens is 3. The second-order valence-corrected chi connectivity index (χ2v) is 7.45. The van der Waals surface area contributed by atoms with Crippen LogP contribution in [0.25, 0.3) is 16.6 Å². The lowest BCUT2D eigenvalue weighted by molar-refractivity contribution is -0.128. The zero-order chi connectivity index (χ0) is 20.9. The first-order valence-electron chi connectivity index (χ1n) is 9.23. The first-order chi connectivity index (χ1) is 14.6. The highest BCUT2D eigenvalue weighted by atomic mass is 32.2. The Morgan fingerprint density at radius 1 is 1.00 bits per heavy atom. The molecule has 30 heavy (non-hydrogen) atoms. The van der Waals surface area contributed by atoms with Crippen LogP contribution in [0.15, 0.2) is 65.8 Å². The summed E-state index contributed by atoms with van der Waals surface area (Å²) in [5.74, 6) is -0.161. The van der Waals surface area contributed by atoms with Crippen molar-refractivity contribution in [2.45, 2.75) is 12.1 Å². The fourth-order valence-electron chi connectivity index (χ4n) is 2.98. The summed E-state index contributed by atoms with van der Waals surface area (Å²) in [6.07, 6.45) is 0. The van der Waals surface area contributed by atoms with Gasteiger partial charge in [-0.25, -0.2) is 0 Å². The van der Waals surface area contributed by atoms with E-state index in [1.807, 2.05) is 59.9 Å². The number of benzene rings is 2. The monoisotopic (exact) mass is 421 g/mol. The lowest BCUT2D eigenvalue weighted by atomic mass is 10.1. The van der Waals surface area contributed by atoms with Crippen molar-refractivity contribution in [1.82, 2.24) is 25.4 Å². The van der Waals surface area contributed by atoms with Gasteiger partial charge in [-0.2, -0.15) is 0 Å². The maximum atomic E-state index is 12.1. The van der Waals surface area contributed by atoms with Gasteiger partial charge in [-0.05, 0) is 36.8 Å². The van der Waals surface area contributed by atoms with Crippen LogP contribution in [0.5, 0.6) is 5.75 Å². The average molecular weight is 421 g/mol. The molecule has 152 valence electrons. The van der Waals surface area contributed by atoms with E-state index in [4.69, 9.17) is 4.74 Å². The maximum Gasteiger partial charge on any atom is 0.276 e. The summed E-state index contributed by atoms with van der Waals surface area (Å²) in [7, 11) is 0. The Morgan fingerprint density at radius 2 is 1.73 bits per heavy atom. The van der Waals surface area contributed by atoms with Crippen LogP contribution in [0.2, 0.25) is 0 Å². The molecule has 0 unspecified atom stereocenters. The smallest absolute Gasteiger partial charge is 0.276 e. The molecule has 2 heterocycles. The van der Waals surface area contributed by atoms with Gasteiger partial charge in [0.1, 0.15) is 5.75 Å². The van der Waals surface area contributed by atoms with Gasteiger partial charge in [0.05, 0.1) is 11.3 Å². The summed E-state index contributed by atoms with van der Waals surface area (Å²) in [6, 6.07) is 18.9. The minimum Gasteiger partial charge on any atom is -0.484 e. The molecular weight excluding hydrogens is 402 g/mol. The number of hydrogen-bond acceptors (Lipinski definition) is 6. The first-order valence-corrected chi connectivity index (χ1v) is 10.2. The van der Waals surface area contributed by atoms with Crippen LogP contribution in [0, 0.1) is 6.92 Å².